The van der Waals surface area contributed by atoms with Gasteiger partial charge in [-0.1, -0.05) is 0 Å². The van der Waals surface area contributed by atoms with Gasteiger partial charge in [-0.2, -0.15) is 0 Å². The molecule has 3 amide bonds. The fourth-order valence-corrected chi connectivity index (χ4v) is 2.18. The molecule has 6 nitrogen and oxygen atoms in total. The smallest absolute Gasteiger partial charge is 0.323 e. The van der Waals surface area contributed by atoms with Gasteiger partial charge >= 0.3 is 6.03 Å². The number of hydrogen-bond donors (Lipinski definition) is 2. The Morgan fingerprint density at radius 2 is 2.53 bits per heavy atom. The van der Waals surface area contributed by atoms with Crippen LogP contribution < -0.4 is 16.0 Å². The minimum atomic E-state index is -0.419. The molecule has 0 saturated carbocycles. The number of nitrogens with one attached hydrogen (secondary N) is 1. The highest BCUT2D eigenvalue weighted by molar-refractivity contribution is 7.14. The monoisotopic (exact) mass is 226 g/mol. The first-order valence-electron chi connectivity index (χ1n) is 4.45. The third-order valence-corrected chi connectivity index (χ3v) is 2.90. The number of thiazole rings is 1. The van der Waals surface area contributed by atoms with Gasteiger partial charge in [0.1, 0.15) is 0 Å². The van der Waals surface area contributed by atoms with Crippen molar-refractivity contribution < 1.29 is 9.59 Å². The summed E-state index contributed by atoms with van der Waals surface area (Å²) in [5, 5.41) is 5.03. The van der Waals surface area contributed by atoms with Crippen molar-refractivity contribution in [1.82, 2.24) is 10.3 Å². The number of urea groups is 1. The molecule has 0 aromatic carbocycles. The third kappa shape index (κ3) is 2.07. The number of carbonyl (C=O) groups is 2. The van der Waals surface area contributed by atoms with Crippen LogP contribution in [0.15, 0.2) is 5.38 Å². The second-order valence-electron chi connectivity index (χ2n) is 3.15. The molecule has 15 heavy (non-hydrogen) atoms. The molecule has 7 heteroatoms. The zero-order chi connectivity index (χ0) is 10.8. The predicted octanol–water partition coefficient (Wildman–Crippen LogP) is -0.300. The molecule has 2 rings (SSSR count). The lowest BCUT2D eigenvalue weighted by Crippen LogP contribution is -2.27. The molecule has 2 heterocycles. The van der Waals surface area contributed by atoms with Crippen molar-refractivity contribution in [2.45, 2.75) is 6.42 Å². The van der Waals surface area contributed by atoms with Gasteiger partial charge in [0.05, 0.1) is 12.1 Å². The number of primary amides is 1. The lowest BCUT2D eigenvalue weighted by atomic mass is 10.3. The van der Waals surface area contributed by atoms with E-state index in [1.54, 1.807) is 10.3 Å². The average molecular weight is 226 g/mol. The van der Waals surface area contributed by atoms with E-state index in [4.69, 9.17) is 5.73 Å². The molecule has 1 fully saturated rings. The first-order chi connectivity index (χ1) is 7.16. The van der Waals surface area contributed by atoms with E-state index in [1.165, 1.54) is 11.3 Å². The normalized spacial score (nSPS) is 15.5. The summed E-state index contributed by atoms with van der Waals surface area (Å²) in [5.74, 6) is -0.419. The fourth-order valence-electron chi connectivity index (χ4n) is 1.33. The minimum absolute atomic E-state index is 0.117. The Hall–Kier alpha value is -1.63. The molecular formula is C8H10N4O2S. The van der Waals surface area contributed by atoms with Crippen LogP contribution in [-0.4, -0.2) is 30.0 Å². The molecule has 0 atom stereocenters. The standard InChI is InChI=1S/C8H10N4O2S/c9-6(13)3-5-4-15-8(11-5)12-2-1-10-7(12)14/h4H,1-3H2,(H2,9,13)(H,10,14). The molecule has 0 aliphatic carbocycles. The van der Waals surface area contributed by atoms with Crippen molar-refractivity contribution in [2.75, 3.05) is 18.0 Å². The number of nitrogens with two attached hydrogens (primary N) is 1. The fraction of sp³-hybridized carbons (Fsp3) is 0.375. The predicted molar refractivity (Wildman–Crippen MR) is 55.8 cm³/mol. The molecule has 0 radical (unpaired) electrons. The first kappa shape index (κ1) is 9.91. The van der Waals surface area contributed by atoms with E-state index < -0.39 is 5.91 Å². The van der Waals surface area contributed by atoms with Crippen LogP contribution in [0.25, 0.3) is 0 Å². The highest BCUT2D eigenvalue weighted by atomic mass is 32.1. The van der Waals surface area contributed by atoms with Crippen LogP contribution in [0.4, 0.5) is 9.93 Å². The van der Waals surface area contributed by atoms with E-state index in [0.29, 0.717) is 23.9 Å². The maximum absolute atomic E-state index is 11.3. The van der Waals surface area contributed by atoms with Gasteiger partial charge in [-0.3, -0.25) is 9.69 Å². The molecule has 0 unspecified atom stereocenters. The topological polar surface area (TPSA) is 88.3 Å². The summed E-state index contributed by atoms with van der Waals surface area (Å²) in [5.41, 5.74) is 5.66. The molecule has 1 saturated heterocycles. The van der Waals surface area contributed by atoms with Crippen LogP contribution in [0.5, 0.6) is 0 Å². The Morgan fingerprint density at radius 3 is 3.13 bits per heavy atom. The van der Waals surface area contributed by atoms with Gasteiger partial charge in [0.2, 0.25) is 5.91 Å². The highest BCUT2D eigenvalue weighted by Gasteiger charge is 2.23. The van der Waals surface area contributed by atoms with E-state index in [0.717, 1.165) is 0 Å². The van der Waals surface area contributed by atoms with Gasteiger partial charge in [0.25, 0.3) is 0 Å². The van der Waals surface area contributed by atoms with Crippen molar-refractivity contribution >= 4 is 28.4 Å². The Bertz CT molecular complexity index is 403. The summed E-state index contributed by atoms with van der Waals surface area (Å²) >= 11 is 1.34. The number of amides is 3. The second kappa shape index (κ2) is 3.85. The Morgan fingerprint density at radius 1 is 1.73 bits per heavy atom. The summed E-state index contributed by atoms with van der Waals surface area (Å²) in [6, 6.07) is -0.144. The van der Waals surface area contributed by atoms with E-state index >= 15 is 0 Å². The maximum atomic E-state index is 11.3. The molecule has 1 aromatic heterocycles. The maximum Gasteiger partial charge on any atom is 0.323 e. The Balaban J connectivity index is 2.12. The molecule has 80 valence electrons. The summed E-state index contributed by atoms with van der Waals surface area (Å²) in [7, 11) is 0. The van der Waals surface area contributed by atoms with E-state index in [1.807, 2.05) is 0 Å². The van der Waals surface area contributed by atoms with E-state index in [9.17, 15) is 9.59 Å². The zero-order valence-electron chi connectivity index (χ0n) is 7.90. The van der Waals surface area contributed by atoms with Crippen molar-refractivity contribution in [2.24, 2.45) is 5.73 Å². The average Bonchev–Trinajstić information content (AvgIpc) is 2.72. The Labute approximate surface area is 90.1 Å². The number of anilines is 1. The van der Waals surface area contributed by atoms with Gasteiger partial charge in [-0.05, 0) is 0 Å². The summed E-state index contributed by atoms with van der Waals surface area (Å²) in [6.45, 7) is 1.24. The van der Waals surface area contributed by atoms with E-state index in [2.05, 4.69) is 10.3 Å². The lowest BCUT2D eigenvalue weighted by molar-refractivity contribution is -0.117. The van der Waals surface area contributed by atoms with Crippen LogP contribution in [-0.2, 0) is 11.2 Å². The first-order valence-corrected chi connectivity index (χ1v) is 5.33. The SMILES string of the molecule is NC(=O)Cc1csc(N2CCNC2=O)n1. The summed E-state index contributed by atoms with van der Waals surface area (Å²) in [4.78, 5) is 27.7. The third-order valence-electron chi connectivity index (χ3n) is 1.98. The van der Waals surface area contributed by atoms with Crippen LogP contribution >= 0.6 is 11.3 Å². The van der Waals surface area contributed by atoms with Crippen LogP contribution in [0.3, 0.4) is 0 Å². The molecule has 1 aromatic rings. The Kier molecular flexibility index (Phi) is 2.55. The molecule has 1 aliphatic heterocycles. The van der Waals surface area contributed by atoms with Gasteiger partial charge in [0, 0.05) is 18.5 Å². The summed E-state index contributed by atoms with van der Waals surface area (Å²) < 4.78 is 0. The molecule has 0 spiro atoms. The molecular weight excluding hydrogens is 216 g/mol. The van der Waals surface area contributed by atoms with Gasteiger partial charge in [-0.15, -0.1) is 11.3 Å². The number of rotatable bonds is 3. The van der Waals surface area contributed by atoms with Crippen LogP contribution in [0.1, 0.15) is 5.69 Å². The zero-order valence-corrected chi connectivity index (χ0v) is 8.71. The van der Waals surface area contributed by atoms with Crippen molar-refractivity contribution in [3.05, 3.63) is 11.1 Å². The number of aromatic nitrogens is 1. The van der Waals surface area contributed by atoms with Crippen LogP contribution in [0, 0.1) is 0 Å². The molecule has 0 bridgehead atoms. The van der Waals surface area contributed by atoms with Crippen molar-refractivity contribution in [3.8, 4) is 0 Å². The number of hydrogen-bond acceptors (Lipinski definition) is 4. The van der Waals surface area contributed by atoms with Gasteiger partial charge in [-0.25, -0.2) is 9.78 Å². The van der Waals surface area contributed by atoms with Crippen molar-refractivity contribution in [1.29, 1.82) is 0 Å². The van der Waals surface area contributed by atoms with Gasteiger partial charge in [0.15, 0.2) is 5.13 Å². The minimum Gasteiger partial charge on any atom is -0.369 e. The van der Waals surface area contributed by atoms with Crippen LogP contribution in [0.2, 0.25) is 0 Å². The summed E-state index contributed by atoms with van der Waals surface area (Å²) in [6.07, 6.45) is 0.117. The molecule has 3 N–H and O–H groups in total. The highest BCUT2D eigenvalue weighted by Crippen LogP contribution is 2.21. The largest absolute Gasteiger partial charge is 0.369 e. The van der Waals surface area contributed by atoms with E-state index in [-0.39, 0.29) is 12.5 Å². The number of nitrogens with zero attached hydrogens (tertiary/aromatic N) is 2. The number of carbonyl (C=O) groups excluding carboxylic acids is 2. The second-order valence-corrected chi connectivity index (χ2v) is 3.98. The van der Waals surface area contributed by atoms with Gasteiger partial charge < -0.3 is 11.1 Å². The molecule has 1 aliphatic rings. The quantitative estimate of drug-likeness (QED) is 0.741. The van der Waals surface area contributed by atoms with Crippen molar-refractivity contribution in [3.63, 3.8) is 0 Å². The lowest BCUT2D eigenvalue weighted by Gasteiger charge is -2.08.